The van der Waals surface area contributed by atoms with Crippen molar-refractivity contribution in [2.75, 3.05) is 38.4 Å². The van der Waals surface area contributed by atoms with Crippen LogP contribution >= 0.6 is 0 Å². The number of nitrogens with two attached hydrogens (primary N) is 2. The third kappa shape index (κ3) is 14.3. The zero-order chi connectivity index (χ0) is 27.3. The van der Waals surface area contributed by atoms with Gasteiger partial charge in [-0.05, 0) is 32.1 Å². The van der Waals surface area contributed by atoms with Gasteiger partial charge in [0, 0.05) is 119 Å². The summed E-state index contributed by atoms with van der Waals surface area (Å²) in [4.78, 5) is 27.7. The topological polar surface area (TPSA) is 198 Å². The molecule has 44 heavy (non-hydrogen) atoms. The van der Waals surface area contributed by atoms with Crippen LogP contribution in [0, 0.1) is 0 Å². The number of nitrogen functional groups attached to an aromatic ring is 2. The third-order valence-electron chi connectivity index (χ3n) is 5.29. The molecule has 6 N–H and O–H groups in total. The van der Waals surface area contributed by atoms with Gasteiger partial charge in [0.05, 0.1) is 25.9 Å². The van der Waals surface area contributed by atoms with Crippen LogP contribution in [0.2, 0.25) is 0 Å². The largest absolute Gasteiger partial charge is 0.463 e. The number of aromatic nitrogens is 8. The molecule has 242 valence electrons. The second-order valence-electron chi connectivity index (χ2n) is 7.88. The standard InChI is InChI=1S/C14H19N5O2.C9H11N5O.CH4O.CH4.5W/c1-2-3-7-21-14-17-12(15)11-13(18-14)19(9-16-11)10-6-4-5-8-20-10;1-2-3-4-15-9-13-7(10)6-8(14-9)12-5-11-6;1-2;;;;;;/h2,9-10H,1,3-8H2,(H2,15,17,18);2,5H,1,3-4H2,(H3,10,11,12,13,14);2H,1H3;1H4;;;;;. The minimum absolute atomic E-state index is 0. The number of aliphatic hydroxyl groups is 1. The van der Waals surface area contributed by atoms with Crippen molar-refractivity contribution in [1.82, 2.24) is 39.5 Å². The van der Waals surface area contributed by atoms with Crippen molar-refractivity contribution in [2.45, 2.75) is 45.8 Å². The normalized spacial score (nSPS) is 12.6. The van der Waals surface area contributed by atoms with Gasteiger partial charge in [-0.25, -0.2) is 9.97 Å². The summed E-state index contributed by atoms with van der Waals surface area (Å²) in [6.07, 6.45) is 11.4. The number of ether oxygens (including phenoxy) is 3. The molecule has 4 aromatic rings. The van der Waals surface area contributed by atoms with Crippen LogP contribution < -0.4 is 20.9 Å². The van der Waals surface area contributed by atoms with Gasteiger partial charge in [-0.15, -0.1) is 13.2 Å². The van der Waals surface area contributed by atoms with Gasteiger partial charge in [0.1, 0.15) is 11.7 Å². The van der Waals surface area contributed by atoms with Gasteiger partial charge < -0.3 is 35.8 Å². The quantitative estimate of drug-likeness (QED) is 0.141. The van der Waals surface area contributed by atoms with Crippen LogP contribution in [0.4, 0.5) is 11.6 Å². The minimum Gasteiger partial charge on any atom is -0.463 e. The molecule has 5 heterocycles. The number of aromatic amines is 1. The smallest absolute Gasteiger partial charge is 0.320 e. The molecule has 19 heteroatoms. The van der Waals surface area contributed by atoms with Crippen LogP contribution in [0.1, 0.15) is 45.8 Å². The van der Waals surface area contributed by atoms with Crippen molar-refractivity contribution in [3.05, 3.63) is 38.0 Å². The van der Waals surface area contributed by atoms with Crippen LogP contribution in [0.3, 0.4) is 0 Å². The predicted octanol–water partition coefficient (Wildman–Crippen LogP) is 3.18. The molecule has 1 atom stereocenters. The van der Waals surface area contributed by atoms with E-state index in [-0.39, 0.29) is 131 Å². The summed E-state index contributed by atoms with van der Waals surface area (Å²) < 4.78 is 18.5. The molecule has 0 amide bonds. The Morgan fingerprint density at radius 2 is 1.52 bits per heavy atom. The molecule has 0 aliphatic carbocycles. The Hall–Kier alpha value is -0.858. The Bertz CT molecular complexity index is 1340. The molecule has 0 saturated carbocycles. The molecule has 1 unspecified atom stereocenters. The minimum atomic E-state index is -0.0425. The second kappa shape index (κ2) is 27.3. The Morgan fingerprint density at radius 3 is 2.09 bits per heavy atom. The number of hydrogen-bond donors (Lipinski definition) is 4. The molecule has 0 aromatic carbocycles. The average molecular weight is 1460 g/mol. The molecule has 5 rings (SSSR count). The van der Waals surface area contributed by atoms with Gasteiger partial charge in [-0.2, -0.15) is 19.9 Å². The van der Waals surface area contributed by atoms with Crippen molar-refractivity contribution in [3.63, 3.8) is 0 Å². The van der Waals surface area contributed by atoms with Gasteiger partial charge >= 0.3 is 12.0 Å². The molecular weight excluding hydrogens is 1420 g/mol. The van der Waals surface area contributed by atoms with E-state index >= 15 is 0 Å². The van der Waals surface area contributed by atoms with E-state index in [2.05, 4.69) is 48.0 Å². The molecule has 0 spiro atoms. The van der Waals surface area contributed by atoms with E-state index < -0.39 is 0 Å². The maximum absolute atomic E-state index is 7.00. The van der Waals surface area contributed by atoms with Crippen LogP contribution in [-0.4, -0.2) is 71.5 Å². The number of aliphatic hydroxyl groups excluding tert-OH is 1. The summed E-state index contributed by atoms with van der Waals surface area (Å²) in [5.74, 6) is 0.661. The second-order valence-corrected chi connectivity index (χ2v) is 7.88. The third-order valence-corrected chi connectivity index (χ3v) is 5.29. The van der Waals surface area contributed by atoms with Crippen molar-refractivity contribution in [3.8, 4) is 12.0 Å². The summed E-state index contributed by atoms with van der Waals surface area (Å²) in [6.45, 7) is 8.96. The van der Waals surface area contributed by atoms with E-state index in [4.69, 9.17) is 30.8 Å². The fourth-order valence-corrected chi connectivity index (χ4v) is 3.50. The molecule has 0 bridgehead atoms. The molecule has 1 saturated heterocycles. The van der Waals surface area contributed by atoms with E-state index in [1.807, 2.05) is 4.57 Å². The van der Waals surface area contributed by atoms with Gasteiger partial charge in [0.15, 0.2) is 28.4 Å². The Kier molecular flexibility index (Phi) is 31.0. The number of imidazole rings is 2. The first-order valence-electron chi connectivity index (χ1n) is 12.1. The maximum atomic E-state index is 7.00. The molecule has 0 radical (unpaired) electrons. The molecule has 1 aliphatic rings. The fourth-order valence-electron chi connectivity index (χ4n) is 3.50. The molecule has 4 aromatic heterocycles. The van der Waals surface area contributed by atoms with Crippen molar-refractivity contribution >= 4 is 34.0 Å². The van der Waals surface area contributed by atoms with Crippen molar-refractivity contribution in [2.24, 2.45) is 0 Å². The first-order valence-corrected chi connectivity index (χ1v) is 12.1. The first-order chi connectivity index (χ1) is 18.6. The Balaban J connectivity index is -0.000000315. The number of nitrogens with zero attached hydrogens (tertiary/aromatic N) is 7. The number of anilines is 2. The number of rotatable bonds is 9. The zero-order valence-electron chi connectivity index (χ0n) is 23.5. The Labute approximate surface area is 329 Å². The summed E-state index contributed by atoms with van der Waals surface area (Å²) in [5.41, 5.74) is 14.0. The van der Waals surface area contributed by atoms with Crippen LogP contribution in [0.15, 0.2) is 38.0 Å². The summed E-state index contributed by atoms with van der Waals surface area (Å²) in [5, 5.41) is 7.00. The molecule has 1 aliphatic heterocycles. The van der Waals surface area contributed by atoms with E-state index in [9.17, 15) is 0 Å². The molecule has 14 nitrogen and oxygen atoms in total. The van der Waals surface area contributed by atoms with Gasteiger partial charge in [-0.1, -0.05) is 19.6 Å². The molecular formula is C25H38N10O4W5. The van der Waals surface area contributed by atoms with Crippen molar-refractivity contribution in [1.29, 1.82) is 0 Å². The van der Waals surface area contributed by atoms with Gasteiger partial charge in [0.25, 0.3) is 0 Å². The average Bonchev–Trinajstić information content (AvgIpc) is 3.59. The predicted molar refractivity (Wildman–Crippen MR) is 150 cm³/mol. The Morgan fingerprint density at radius 1 is 0.932 bits per heavy atom. The summed E-state index contributed by atoms with van der Waals surface area (Å²) >= 11 is 0. The SMILES string of the molecule is C.C=CCCOc1nc(N)c2[nH]cnc2n1.C=CCCOc1nc(N)c2ncn(C3CCCCO3)c2n1.CO.[W].[W].[W].[W].[W]. The summed E-state index contributed by atoms with van der Waals surface area (Å²) in [6, 6.07) is 0.508. The van der Waals surface area contributed by atoms with E-state index in [1.54, 1.807) is 18.5 Å². The van der Waals surface area contributed by atoms with Crippen LogP contribution in [0.5, 0.6) is 12.0 Å². The zero-order valence-corrected chi connectivity index (χ0v) is 38.1. The van der Waals surface area contributed by atoms with Gasteiger partial charge in [0.2, 0.25) is 0 Å². The summed E-state index contributed by atoms with van der Waals surface area (Å²) in [7, 11) is 1.00. The number of hydrogen-bond acceptors (Lipinski definition) is 12. The van der Waals surface area contributed by atoms with Gasteiger partial charge in [-0.3, -0.25) is 4.57 Å². The number of nitrogens with one attached hydrogen (secondary N) is 1. The van der Waals surface area contributed by atoms with Crippen molar-refractivity contribution < 1.29 is 125 Å². The fraction of sp³-hybridized carbons (Fsp3) is 0.440. The number of fused-ring (bicyclic) bond motifs is 2. The monoisotopic (exact) mass is 1460 g/mol. The van der Waals surface area contributed by atoms with E-state index in [0.717, 1.165) is 45.8 Å². The van der Waals surface area contributed by atoms with Crippen LogP contribution in [0.25, 0.3) is 22.3 Å². The van der Waals surface area contributed by atoms with Crippen LogP contribution in [-0.2, 0) is 110 Å². The van der Waals surface area contributed by atoms with E-state index in [1.165, 1.54) is 6.33 Å². The van der Waals surface area contributed by atoms with E-state index in [0.29, 0.717) is 47.2 Å². The molecule has 1 fully saturated rings. The first kappa shape index (κ1) is 50.0. The number of H-pyrrole nitrogens is 1. The maximum Gasteiger partial charge on any atom is 0.320 e.